The standard InChI is InChI=1S/C19H30O3/c1-17-9-10-19(21,22)11-12(17)3-4-13-14-5-6-16(20)18(14,2)8-7-15(13)17/h3,13-16,20-22H,4-11H2,1-2H3/t13-,14-,15-,16+,17-,18-/m0/s1. The molecule has 6 atom stereocenters. The summed E-state index contributed by atoms with van der Waals surface area (Å²) >= 11 is 0. The van der Waals surface area contributed by atoms with E-state index >= 15 is 0 Å². The molecule has 0 aliphatic heterocycles. The Morgan fingerprint density at radius 2 is 1.77 bits per heavy atom. The lowest BCUT2D eigenvalue weighted by atomic mass is 9.47. The summed E-state index contributed by atoms with van der Waals surface area (Å²) < 4.78 is 0. The van der Waals surface area contributed by atoms with Crippen LogP contribution in [-0.4, -0.2) is 27.2 Å². The fraction of sp³-hybridized carbons (Fsp3) is 0.895. The Kier molecular flexibility index (Phi) is 3.16. The van der Waals surface area contributed by atoms with E-state index < -0.39 is 5.79 Å². The smallest absolute Gasteiger partial charge is 0.166 e. The van der Waals surface area contributed by atoms with Crippen molar-refractivity contribution >= 4 is 0 Å². The summed E-state index contributed by atoms with van der Waals surface area (Å²) in [5, 5.41) is 30.5. The van der Waals surface area contributed by atoms with Crippen molar-refractivity contribution in [2.75, 3.05) is 0 Å². The minimum Gasteiger partial charge on any atom is -0.393 e. The van der Waals surface area contributed by atoms with E-state index in [1.165, 1.54) is 18.4 Å². The number of aliphatic hydroxyl groups excluding tert-OH is 1. The second-order valence-corrected chi connectivity index (χ2v) is 9.06. The minimum absolute atomic E-state index is 0.120. The Hall–Kier alpha value is -0.380. The highest BCUT2D eigenvalue weighted by Gasteiger charge is 2.59. The van der Waals surface area contributed by atoms with Gasteiger partial charge in [0, 0.05) is 12.8 Å². The lowest BCUT2D eigenvalue weighted by Gasteiger charge is -2.58. The zero-order valence-electron chi connectivity index (χ0n) is 13.9. The van der Waals surface area contributed by atoms with Crippen LogP contribution in [-0.2, 0) is 0 Å². The van der Waals surface area contributed by atoms with Crippen LogP contribution in [0.1, 0.15) is 65.2 Å². The first kappa shape index (κ1) is 15.2. The lowest BCUT2D eigenvalue weighted by molar-refractivity contribution is -0.189. The highest BCUT2D eigenvalue weighted by Crippen LogP contribution is 2.65. The normalized spacial score (nSPS) is 53.2. The SMILES string of the molecule is C[C@]12CC[C@H]3[C@@H](CC=C4CC(O)(O)CC[C@@]43C)[C@@H]1CC[C@H]2O. The second-order valence-electron chi connectivity index (χ2n) is 9.06. The Morgan fingerprint density at radius 3 is 2.55 bits per heavy atom. The zero-order valence-corrected chi connectivity index (χ0v) is 13.9. The van der Waals surface area contributed by atoms with E-state index in [1.54, 1.807) is 0 Å². The van der Waals surface area contributed by atoms with Gasteiger partial charge < -0.3 is 15.3 Å². The summed E-state index contributed by atoms with van der Waals surface area (Å²) in [7, 11) is 0. The van der Waals surface area contributed by atoms with Gasteiger partial charge >= 0.3 is 0 Å². The highest BCUT2D eigenvalue weighted by atomic mass is 16.5. The van der Waals surface area contributed by atoms with Crippen LogP contribution in [0.25, 0.3) is 0 Å². The van der Waals surface area contributed by atoms with Crippen molar-refractivity contribution in [3.63, 3.8) is 0 Å². The van der Waals surface area contributed by atoms with Crippen LogP contribution in [0.3, 0.4) is 0 Å². The summed E-state index contributed by atoms with van der Waals surface area (Å²) in [5.74, 6) is 0.484. The van der Waals surface area contributed by atoms with Gasteiger partial charge in [-0.25, -0.2) is 0 Å². The molecule has 4 aliphatic carbocycles. The first-order chi connectivity index (χ1) is 10.3. The van der Waals surface area contributed by atoms with Crippen molar-refractivity contribution in [2.45, 2.75) is 77.1 Å². The largest absolute Gasteiger partial charge is 0.393 e. The molecular formula is C19H30O3. The maximum absolute atomic E-state index is 10.5. The number of fused-ring (bicyclic) bond motifs is 5. The molecule has 0 unspecified atom stereocenters. The van der Waals surface area contributed by atoms with Crippen LogP contribution in [0.4, 0.5) is 0 Å². The number of allylic oxidation sites excluding steroid dienone is 1. The van der Waals surface area contributed by atoms with Gasteiger partial charge in [-0.05, 0) is 67.1 Å². The molecule has 0 radical (unpaired) electrons. The maximum atomic E-state index is 10.5. The fourth-order valence-electron chi connectivity index (χ4n) is 6.60. The predicted octanol–water partition coefficient (Wildman–Crippen LogP) is 2.99. The molecule has 3 fully saturated rings. The van der Waals surface area contributed by atoms with Crippen LogP contribution >= 0.6 is 0 Å². The molecule has 0 aromatic rings. The molecule has 0 aromatic carbocycles. The Labute approximate surface area is 133 Å². The van der Waals surface area contributed by atoms with Crippen LogP contribution in [0, 0.1) is 28.6 Å². The molecule has 22 heavy (non-hydrogen) atoms. The van der Waals surface area contributed by atoms with Crippen molar-refractivity contribution in [3.05, 3.63) is 11.6 Å². The second kappa shape index (κ2) is 4.58. The molecule has 0 aromatic heterocycles. The average molecular weight is 306 g/mol. The monoisotopic (exact) mass is 306 g/mol. The van der Waals surface area contributed by atoms with E-state index in [0.29, 0.717) is 30.6 Å². The van der Waals surface area contributed by atoms with Gasteiger partial charge in [0.2, 0.25) is 0 Å². The summed E-state index contributed by atoms with van der Waals surface area (Å²) in [6.07, 6.45) is 9.53. The zero-order chi connectivity index (χ0) is 15.8. The van der Waals surface area contributed by atoms with E-state index in [4.69, 9.17) is 0 Å². The molecule has 0 heterocycles. The summed E-state index contributed by atoms with van der Waals surface area (Å²) in [5.41, 5.74) is 1.55. The van der Waals surface area contributed by atoms with E-state index in [-0.39, 0.29) is 16.9 Å². The molecule has 0 saturated heterocycles. The van der Waals surface area contributed by atoms with Gasteiger partial charge in [0.15, 0.2) is 5.79 Å². The number of rotatable bonds is 0. The quantitative estimate of drug-likeness (QED) is 0.476. The summed E-state index contributed by atoms with van der Waals surface area (Å²) in [6.45, 7) is 4.67. The van der Waals surface area contributed by atoms with Gasteiger partial charge in [-0.15, -0.1) is 0 Å². The molecule has 0 spiro atoms. The molecule has 124 valence electrons. The lowest BCUT2D eigenvalue weighted by Crippen LogP contribution is -2.52. The van der Waals surface area contributed by atoms with Crippen molar-refractivity contribution in [3.8, 4) is 0 Å². The third-order valence-corrected chi connectivity index (χ3v) is 8.09. The number of hydrogen-bond donors (Lipinski definition) is 3. The van der Waals surface area contributed by atoms with Gasteiger partial charge in [-0.3, -0.25) is 0 Å². The van der Waals surface area contributed by atoms with Gasteiger partial charge in [0.05, 0.1) is 6.10 Å². The molecular weight excluding hydrogens is 276 g/mol. The predicted molar refractivity (Wildman–Crippen MR) is 84.9 cm³/mol. The number of aliphatic hydroxyl groups is 3. The molecule has 3 nitrogen and oxygen atoms in total. The van der Waals surface area contributed by atoms with E-state index in [0.717, 1.165) is 25.7 Å². The summed E-state index contributed by atoms with van der Waals surface area (Å²) in [4.78, 5) is 0. The molecule has 0 amide bonds. The van der Waals surface area contributed by atoms with Gasteiger partial charge in [-0.2, -0.15) is 0 Å². The maximum Gasteiger partial charge on any atom is 0.166 e. The Balaban J connectivity index is 1.67. The van der Waals surface area contributed by atoms with Crippen LogP contribution < -0.4 is 0 Å². The van der Waals surface area contributed by atoms with Crippen molar-refractivity contribution in [1.29, 1.82) is 0 Å². The molecule has 4 aliphatic rings. The third-order valence-electron chi connectivity index (χ3n) is 8.09. The van der Waals surface area contributed by atoms with E-state index in [2.05, 4.69) is 19.9 Å². The number of hydrogen-bond acceptors (Lipinski definition) is 3. The van der Waals surface area contributed by atoms with Crippen molar-refractivity contribution < 1.29 is 15.3 Å². The third kappa shape index (κ3) is 1.91. The van der Waals surface area contributed by atoms with E-state index in [1.807, 2.05) is 0 Å². The molecule has 3 saturated carbocycles. The highest BCUT2D eigenvalue weighted by molar-refractivity contribution is 5.26. The van der Waals surface area contributed by atoms with Crippen LogP contribution in [0.2, 0.25) is 0 Å². The van der Waals surface area contributed by atoms with Crippen molar-refractivity contribution in [2.24, 2.45) is 28.6 Å². The van der Waals surface area contributed by atoms with Gasteiger partial charge in [0.1, 0.15) is 0 Å². The minimum atomic E-state index is -1.50. The topological polar surface area (TPSA) is 60.7 Å². The van der Waals surface area contributed by atoms with Gasteiger partial charge in [0.25, 0.3) is 0 Å². The van der Waals surface area contributed by atoms with E-state index in [9.17, 15) is 15.3 Å². The molecule has 3 N–H and O–H groups in total. The average Bonchev–Trinajstić information content (AvgIpc) is 2.76. The molecule has 0 bridgehead atoms. The van der Waals surface area contributed by atoms with Crippen LogP contribution in [0.15, 0.2) is 11.6 Å². The Bertz CT molecular complexity index is 511. The van der Waals surface area contributed by atoms with Crippen LogP contribution in [0.5, 0.6) is 0 Å². The molecule has 4 rings (SSSR count). The first-order valence-corrected chi connectivity index (χ1v) is 9.09. The Morgan fingerprint density at radius 1 is 1.00 bits per heavy atom. The first-order valence-electron chi connectivity index (χ1n) is 9.09. The molecule has 3 heteroatoms. The fourth-order valence-corrected chi connectivity index (χ4v) is 6.60. The van der Waals surface area contributed by atoms with Gasteiger partial charge in [-0.1, -0.05) is 25.5 Å². The van der Waals surface area contributed by atoms with Crippen molar-refractivity contribution in [1.82, 2.24) is 0 Å². The summed E-state index contributed by atoms with van der Waals surface area (Å²) in [6, 6.07) is 0.